The monoisotopic (exact) mass is 237 g/mol. The molecule has 1 aromatic carbocycles. The number of methoxy groups -OCH3 is 1. The van der Waals surface area contributed by atoms with Crippen LogP contribution in [-0.2, 0) is 4.79 Å². The molecule has 4 heteroatoms. The number of amides is 1. The smallest absolute Gasteiger partial charge is 0.227 e. The van der Waals surface area contributed by atoms with Gasteiger partial charge in [-0.2, -0.15) is 0 Å². The highest BCUT2D eigenvalue weighted by Gasteiger charge is 2.17. The molecule has 0 aliphatic heterocycles. The quantitative estimate of drug-likeness (QED) is 0.733. The van der Waals surface area contributed by atoms with E-state index < -0.39 is 0 Å². The van der Waals surface area contributed by atoms with Crippen molar-refractivity contribution in [1.29, 1.82) is 0 Å². The first-order chi connectivity index (χ1) is 8.20. The summed E-state index contributed by atoms with van der Waals surface area (Å²) >= 11 is 0. The van der Waals surface area contributed by atoms with E-state index in [4.69, 9.17) is 9.84 Å². The largest absolute Gasteiger partial charge is 0.496 e. The fraction of sp³-hybridized carbons (Fsp3) is 0.462. The van der Waals surface area contributed by atoms with Gasteiger partial charge in [0.25, 0.3) is 0 Å². The van der Waals surface area contributed by atoms with Crippen LogP contribution in [0.2, 0.25) is 0 Å². The van der Waals surface area contributed by atoms with Crippen molar-refractivity contribution in [2.24, 2.45) is 0 Å². The molecule has 1 unspecified atom stereocenters. The lowest BCUT2D eigenvalue weighted by molar-refractivity contribution is -0.122. The third-order valence-electron chi connectivity index (χ3n) is 2.63. The third-order valence-corrected chi connectivity index (χ3v) is 2.63. The van der Waals surface area contributed by atoms with E-state index in [1.54, 1.807) is 7.11 Å². The first-order valence-corrected chi connectivity index (χ1v) is 5.72. The van der Waals surface area contributed by atoms with Crippen LogP contribution in [0.5, 0.6) is 5.75 Å². The number of hydrogen-bond donors (Lipinski definition) is 2. The van der Waals surface area contributed by atoms with Crippen molar-refractivity contribution in [3.05, 3.63) is 29.8 Å². The number of rotatable bonds is 6. The summed E-state index contributed by atoms with van der Waals surface area (Å²) in [5, 5.41) is 11.4. The van der Waals surface area contributed by atoms with Crippen LogP contribution in [-0.4, -0.2) is 31.3 Å². The van der Waals surface area contributed by atoms with Gasteiger partial charge in [-0.05, 0) is 19.4 Å². The highest BCUT2D eigenvalue weighted by atomic mass is 16.5. The number of carbonyl (C=O) groups is 1. The van der Waals surface area contributed by atoms with E-state index in [-0.39, 0.29) is 18.4 Å². The number of aliphatic hydroxyl groups excluding tert-OH is 1. The SMILES string of the molecule is COc1ccccc1C(C)C(=O)NCCCO. The molecule has 0 fully saturated rings. The van der Waals surface area contributed by atoms with Gasteiger partial charge in [0, 0.05) is 18.7 Å². The van der Waals surface area contributed by atoms with E-state index in [9.17, 15) is 4.79 Å². The lowest BCUT2D eigenvalue weighted by Gasteiger charge is -2.15. The number of para-hydroxylation sites is 1. The number of nitrogens with one attached hydrogen (secondary N) is 1. The van der Waals surface area contributed by atoms with Gasteiger partial charge in [0.1, 0.15) is 5.75 Å². The van der Waals surface area contributed by atoms with Gasteiger partial charge >= 0.3 is 0 Å². The number of ether oxygens (including phenoxy) is 1. The molecule has 0 aliphatic carbocycles. The van der Waals surface area contributed by atoms with Crippen LogP contribution in [0, 0.1) is 0 Å². The first-order valence-electron chi connectivity index (χ1n) is 5.72. The maximum absolute atomic E-state index is 11.8. The van der Waals surface area contributed by atoms with Crippen molar-refractivity contribution < 1.29 is 14.6 Å². The van der Waals surface area contributed by atoms with Gasteiger partial charge in [-0.3, -0.25) is 4.79 Å². The Balaban J connectivity index is 2.67. The minimum absolute atomic E-state index is 0.0528. The normalized spacial score (nSPS) is 11.9. The zero-order valence-electron chi connectivity index (χ0n) is 10.3. The van der Waals surface area contributed by atoms with Crippen LogP contribution >= 0.6 is 0 Å². The maximum atomic E-state index is 11.8. The van der Waals surface area contributed by atoms with E-state index in [1.165, 1.54) is 0 Å². The molecule has 0 saturated heterocycles. The second kappa shape index (κ2) is 6.91. The lowest BCUT2D eigenvalue weighted by Crippen LogP contribution is -2.29. The van der Waals surface area contributed by atoms with E-state index in [1.807, 2.05) is 31.2 Å². The molecule has 0 saturated carbocycles. The third kappa shape index (κ3) is 3.75. The fourth-order valence-corrected chi connectivity index (χ4v) is 1.61. The van der Waals surface area contributed by atoms with Crippen LogP contribution in [0.25, 0.3) is 0 Å². The van der Waals surface area contributed by atoms with Gasteiger partial charge in [-0.25, -0.2) is 0 Å². The Kier molecular flexibility index (Phi) is 5.49. The van der Waals surface area contributed by atoms with E-state index in [0.29, 0.717) is 13.0 Å². The highest BCUT2D eigenvalue weighted by Crippen LogP contribution is 2.25. The Morgan fingerprint density at radius 3 is 2.82 bits per heavy atom. The molecule has 1 rings (SSSR count). The Morgan fingerprint density at radius 2 is 2.18 bits per heavy atom. The number of hydrogen-bond acceptors (Lipinski definition) is 3. The van der Waals surface area contributed by atoms with Gasteiger partial charge in [0.15, 0.2) is 0 Å². The summed E-state index contributed by atoms with van der Waals surface area (Å²) in [6.45, 7) is 2.42. The average Bonchev–Trinajstić information content (AvgIpc) is 2.38. The molecule has 1 atom stereocenters. The zero-order chi connectivity index (χ0) is 12.7. The minimum atomic E-state index is -0.259. The van der Waals surface area contributed by atoms with Crippen molar-refractivity contribution in [3.8, 4) is 5.75 Å². The topological polar surface area (TPSA) is 58.6 Å². The van der Waals surface area contributed by atoms with Gasteiger partial charge in [-0.1, -0.05) is 18.2 Å². The Morgan fingerprint density at radius 1 is 1.47 bits per heavy atom. The molecule has 17 heavy (non-hydrogen) atoms. The molecule has 4 nitrogen and oxygen atoms in total. The molecule has 0 heterocycles. The fourth-order valence-electron chi connectivity index (χ4n) is 1.61. The Labute approximate surface area is 102 Å². The van der Waals surface area contributed by atoms with Crippen molar-refractivity contribution in [2.75, 3.05) is 20.3 Å². The predicted octanol–water partition coefficient (Wildman–Crippen LogP) is 1.30. The van der Waals surface area contributed by atoms with Crippen LogP contribution in [0.1, 0.15) is 24.8 Å². The summed E-state index contributed by atoms with van der Waals surface area (Å²) in [6, 6.07) is 7.48. The van der Waals surface area contributed by atoms with Crippen molar-refractivity contribution >= 4 is 5.91 Å². The zero-order valence-corrected chi connectivity index (χ0v) is 10.3. The maximum Gasteiger partial charge on any atom is 0.227 e. The lowest BCUT2D eigenvalue weighted by atomic mass is 9.99. The van der Waals surface area contributed by atoms with E-state index in [0.717, 1.165) is 11.3 Å². The molecule has 0 spiro atoms. The van der Waals surface area contributed by atoms with Crippen molar-refractivity contribution in [1.82, 2.24) is 5.32 Å². The second-order valence-electron chi connectivity index (χ2n) is 3.83. The average molecular weight is 237 g/mol. The van der Waals surface area contributed by atoms with Gasteiger partial charge < -0.3 is 15.2 Å². The van der Waals surface area contributed by atoms with E-state index >= 15 is 0 Å². The van der Waals surface area contributed by atoms with Crippen LogP contribution in [0.4, 0.5) is 0 Å². The van der Waals surface area contributed by atoms with Crippen LogP contribution in [0.15, 0.2) is 24.3 Å². The summed E-state index contributed by atoms with van der Waals surface area (Å²) in [4.78, 5) is 11.8. The highest BCUT2D eigenvalue weighted by molar-refractivity contribution is 5.83. The molecular weight excluding hydrogens is 218 g/mol. The summed E-state index contributed by atoms with van der Waals surface area (Å²) in [7, 11) is 1.59. The summed E-state index contributed by atoms with van der Waals surface area (Å²) in [6.07, 6.45) is 0.574. The standard InChI is InChI=1S/C13H19NO3/c1-10(13(16)14-8-5-9-15)11-6-3-4-7-12(11)17-2/h3-4,6-7,10,15H,5,8-9H2,1-2H3,(H,14,16). The molecular formula is C13H19NO3. The van der Waals surface area contributed by atoms with Gasteiger partial charge in [0.2, 0.25) is 5.91 Å². The molecule has 94 valence electrons. The Bertz CT molecular complexity index is 365. The van der Waals surface area contributed by atoms with E-state index in [2.05, 4.69) is 5.32 Å². The minimum Gasteiger partial charge on any atom is -0.496 e. The predicted molar refractivity (Wildman–Crippen MR) is 66.1 cm³/mol. The summed E-state index contributed by atoms with van der Waals surface area (Å²) < 4.78 is 5.22. The molecule has 0 aromatic heterocycles. The van der Waals surface area contributed by atoms with Crippen molar-refractivity contribution in [3.63, 3.8) is 0 Å². The molecule has 0 radical (unpaired) electrons. The molecule has 2 N–H and O–H groups in total. The van der Waals surface area contributed by atoms with Crippen LogP contribution in [0.3, 0.4) is 0 Å². The molecule has 1 amide bonds. The van der Waals surface area contributed by atoms with Gasteiger partial charge in [0.05, 0.1) is 13.0 Å². The van der Waals surface area contributed by atoms with Crippen LogP contribution < -0.4 is 10.1 Å². The number of aliphatic hydroxyl groups is 1. The van der Waals surface area contributed by atoms with Gasteiger partial charge in [-0.15, -0.1) is 0 Å². The molecule has 0 bridgehead atoms. The number of benzene rings is 1. The molecule has 0 aliphatic rings. The second-order valence-corrected chi connectivity index (χ2v) is 3.83. The van der Waals surface area contributed by atoms with Crippen molar-refractivity contribution in [2.45, 2.75) is 19.3 Å². The first kappa shape index (κ1) is 13.5. The number of carbonyl (C=O) groups excluding carboxylic acids is 1. The summed E-state index contributed by atoms with van der Waals surface area (Å²) in [5.74, 6) is 0.408. The Hall–Kier alpha value is -1.55. The molecule has 1 aromatic rings. The summed E-state index contributed by atoms with van der Waals surface area (Å²) in [5.41, 5.74) is 0.872.